The first-order valence-electron chi connectivity index (χ1n) is 8.90. The molecule has 3 nitrogen and oxygen atoms in total. The molecule has 1 aromatic rings. The fourth-order valence-electron chi connectivity index (χ4n) is 3.28. The van der Waals surface area contributed by atoms with Gasteiger partial charge in [-0.1, -0.05) is 64.5 Å². The molecule has 1 atom stereocenters. The highest BCUT2D eigenvalue weighted by atomic mass is 16.7. The van der Waals surface area contributed by atoms with Gasteiger partial charge in [-0.25, -0.2) is 0 Å². The van der Waals surface area contributed by atoms with E-state index in [1.54, 1.807) is 14.2 Å². The van der Waals surface area contributed by atoms with Crippen molar-refractivity contribution >= 4 is 5.69 Å². The fraction of sp³-hybridized carbons (Fsp3) is 0.700. The second-order valence-electron chi connectivity index (χ2n) is 6.83. The Kier molecular flexibility index (Phi) is 8.07. The van der Waals surface area contributed by atoms with Crippen molar-refractivity contribution in [3.05, 3.63) is 29.8 Å². The molecule has 2 N–H and O–H groups in total. The van der Waals surface area contributed by atoms with Gasteiger partial charge < -0.3 is 15.2 Å². The number of rotatable bonds is 11. The average Bonchev–Trinajstić information content (AvgIpc) is 2.57. The molecule has 3 heteroatoms. The number of nitrogen functional groups attached to an aromatic ring is 1. The summed E-state index contributed by atoms with van der Waals surface area (Å²) < 4.78 is 11.6. The zero-order valence-electron chi connectivity index (χ0n) is 15.7. The molecule has 0 aromatic heterocycles. The van der Waals surface area contributed by atoms with Crippen LogP contribution in [0.2, 0.25) is 0 Å². The van der Waals surface area contributed by atoms with Gasteiger partial charge in [0.15, 0.2) is 5.79 Å². The zero-order chi connectivity index (χ0) is 17.3. The highest BCUT2D eigenvalue weighted by molar-refractivity contribution is 5.42. The molecule has 0 aliphatic rings. The van der Waals surface area contributed by atoms with E-state index in [9.17, 15) is 0 Å². The Morgan fingerprint density at radius 3 is 1.91 bits per heavy atom. The summed E-state index contributed by atoms with van der Waals surface area (Å²) in [5.74, 6) is -0.660. The van der Waals surface area contributed by atoms with E-state index in [0.29, 0.717) is 0 Å². The molecule has 0 bridgehead atoms. The van der Waals surface area contributed by atoms with Gasteiger partial charge in [-0.15, -0.1) is 0 Å². The van der Waals surface area contributed by atoms with Gasteiger partial charge in [-0.2, -0.15) is 0 Å². The van der Waals surface area contributed by atoms with Crippen LogP contribution < -0.4 is 5.73 Å². The van der Waals surface area contributed by atoms with Gasteiger partial charge in [0.2, 0.25) is 0 Å². The molecule has 0 amide bonds. The van der Waals surface area contributed by atoms with E-state index in [1.165, 1.54) is 44.1 Å². The standard InChI is InChI=1S/C20H35NO2/c1-6-7-8-9-10-11-16-19(2,20(3,22-4)23-5)17-12-14-18(21)15-13-17/h12-15H,6-11,16,21H2,1-5H3. The number of unbranched alkanes of at least 4 members (excludes halogenated alkanes) is 5. The molecule has 0 spiro atoms. The Morgan fingerprint density at radius 2 is 1.39 bits per heavy atom. The van der Waals surface area contributed by atoms with Crippen molar-refractivity contribution in [2.45, 2.75) is 76.9 Å². The van der Waals surface area contributed by atoms with Crippen LogP contribution in [-0.2, 0) is 14.9 Å². The zero-order valence-corrected chi connectivity index (χ0v) is 15.7. The molecule has 0 radical (unpaired) electrons. The number of nitrogens with two attached hydrogens (primary N) is 1. The number of anilines is 1. The maximum Gasteiger partial charge on any atom is 0.174 e. The van der Waals surface area contributed by atoms with Crippen LogP contribution in [0.5, 0.6) is 0 Å². The lowest BCUT2D eigenvalue weighted by molar-refractivity contribution is -0.237. The quantitative estimate of drug-likeness (QED) is 0.342. The van der Waals surface area contributed by atoms with Crippen molar-refractivity contribution in [1.82, 2.24) is 0 Å². The molecular weight excluding hydrogens is 286 g/mol. The summed E-state index contributed by atoms with van der Waals surface area (Å²) >= 11 is 0. The third-order valence-corrected chi connectivity index (χ3v) is 5.36. The summed E-state index contributed by atoms with van der Waals surface area (Å²) in [6, 6.07) is 8.12. The average molecular weight is 322 g/mol. The molecule has 0 saturated carbocycles. The predicted molar refractivity (Wildman–Crippen MR) is 98.6 cm³/mol. The first-order chi connectivity index (χ1) is 10.9. The molecule has 23 heavy (non-hydrogen) atoms. The summed E-state index contributed by atoms with van der Waals surface area (Å²) in [5.41, 5.74) is 7.64. The Morgan fingerprint density at radius 1 is 0.870 bits per heavy atom. The summed E-state index contributed by atoms with van der Waals surface area (Å²) in [4.78, 5) is 0. The number of hydrogen-bond donors (Lipinski definition) is 1. The first-order valence-corrected chi connectivity index (χ1v) is 8.90. The smallest absolute Gasteiger partial charge is 0.174 e. The summed E-state index contributed by atoms with van der Waals surface area (Å²) in [6.07, 6.45) is 8.73. The van der Waals surface area contributed by atoms with Gasteiger partial charge in [0.05, 0.1) is 0 Å². The van der Waals surface area contributed by atoms with Gasteiger partial charge in [-0.05, 0) is 31.0 Å². The van der Waals surface area contributed by atoms with E-state index in [0.717, 1.165) is 12.1 Å². The van der Waals surface area contributed by atoms with Crippen molar-refractivity contribution in [3.63, 3.8) is 0 Å². The van der Waals surface area contributed by atoms with Gasteiger partial charge in [0, 0.05) is 25.3 Å². The lowest BCUT2D eigenvalue weighted by Crippen LogP contribution is -2.50. The van der Waals surface area contributed by atoms with Gasteiger partial charge in [0.1, 0.15) is 0 Å². The maximum atomic E-state index is 5.85. The summed E-state index contributed by atoms with van der Waals surface area (Å²) in [6.45, 7) is 6.51. The number of hydrogen-bond acceptors (Lipinski definition) is 3. The van der Waals surface area contributed by atoms with Crippen LogP contribution in [0.1, 0.15) is 71.3 Å². The molecule has 0 aliphatic heterocycles. The van der Waals surface area contributed by atoms with E-state index in [1.807, 2.05) is 19.1 Å². The third kappa shape index (κ3) is 4.95. The minimum Gasteiger partial charge on any atom is -0.399 e. The SMILES string of the molecule is CCCCCCCCC(C)(c1ccc(N)cc1)C(C)(OC)OC. The minimum atomic E-state index is -0.660. The van der Waals surface area contributed by atoms with Crippen LogP contribution in [-0.4, -0.2) is 20.0 Å². The van der Waals surface area contributed by atoms with Crippen molar-refractivity contribution in [1.29, 1.82) is 0 Å². The van der Waals surface area contributed by atoms with Crippen LogP contribution in [0.15, 0.2) is 24.3 Å². The van der Waals surface area contributed by atoms with Gasteiger partial charge >= 0.3 is 0 Å². The normalized spacial score (nSPS) is 14.7. The second-order valence-corrected chi connectivity index (χ2v) is 6.83. The van der Waals surface area contributed by atoms with Gasteiger partial charge in [-0.3, -0.25) is 0 Å². The van der Waals surface area contributed by atoms with Crippen molar-refractivity contribution < 1.29 is 9.47 Å². The minimum absolute atomic E-state index is 0.213. The molecule has 1 unspecified atom stereocenters. The summed E-state index contributed by atoms with van der Waals surface area (Å²) in [7, 11) is 3.45. The number of ether oxygens (including phenoxy) is 2. The van der Waals surface area contributed by atoms with Crippen molar-refractivity contribution in [2.24, 2.45) is 0 Å². The Labute approximate surface area is 142 Å². The van der Waals surface area contributed by atoms with E-state index >= 15 is 0 Å². The lowest BCUT2D eigenvalue weighted by atomic mass is 9.71. The number of benzene rings is 1. The highest BCUT2D eigenvalue weighted by Crippen LogP contribution is 2.42. The lowest BCUT2D eigenvalue weighted by Gasteiger charge is -2.45. The van der Waals surface area contributed by atoms with Crippen molar-refractivity contribution in [2.75, 3.05) is 20.0 Å². The van der Waals surface area contributed by atoms with Crippen LogP contribution in [0.25, 0.3) is 0 Å². The van der Waals surface area contributed by atoms with E-state index in [-0.39, 0.29) is 5.41 Å². The Balaban J connectivity index is 2.87. The first kappa shape index (κ1) is 20.0. The van der Waals surface area contributed by atoms with Crippen LogP contribution >= 0.6 is 0 Å². The van der Waals surface area contributed by atoms with Crippen LogP contribution in [0.3, 0.4) is 0 Å². The van der Waals surface area contributed by atoms with Crippen molar-refractivity contribution in [3.8, 4) is 0 Å². The van der Waals surface area contributed by atoms with E-state index < -0.39 is 5.79 Å². The largest absolute Gasteiger partial charge is 0.399 e. The van der Waals surface area contributed by atoms with Crippen LogP contribution in [0.4, 0.5) is 5.69 Å². The van der Waals surface area contributed by atoms with Gasteiger partial charge in [0.25, 0.3) is 0 Å². The topological polar surface area (TPSA) is 44.5 Å². The number of methoxy groups -OCH3 is 2. The molecule has 0 saturated heterocycles. The third-order valence-electron chi connectivity index (χ3n) is 5.36. The monoisotopic (exact) mass is 321 g/mol. The molecule has 132 valence electrons. The Hall–Kier alpha value is -1.06. The van der Waals surface area contributed by atoms with Crippen LogP contribution in [0, 0.1) is 0 Å². The predicted octanol–water partition coefficient (Wildman–Crippen LogP) is 5.29. The second kappa shape index (κ2) is 9.29. The fourth-order valence-corrected chi connectivity index (χ4v) is 3.28. The molecule has 1 rings (SSSR count). The Bertz CT molecular complexity index is 439. The molecular formula is C20H35NO2. The molecule has 1 aromatic carbocycles. The molecule has 0 heterocycles. The summed E-state index contributed by atoms with van der Waals surface area (Å²) in [5, 5.41) is 0. The molecule has 0 fully saturated rings. The van der Waals surface area contributed by atoms with E-state index in [2.05, 4.69) is 26.0 Å². The molecule has 0 aliphatic carbocycles. The maximum absolute atomic E-state index is 5.85. The highest BCUT2D eigenvalue weighted by Gasteiger charge is 2.46. The van der Waals surface area contributed by atoms with E-state index in [4.69, 9.17) is 15.2 Å².